The van der Waals surface area contributed by atoms with E-state index in [4.69, 9.17) is 5.73 Å². The molecule has 0 saturated carbocycles. The minimum Gasteiger partial charge on any atom is -0.398 e. The SMILES string of the molecule is C=C1C(C/C(=C\CCC)C(N)=C(CC)C(=N/C=C/C=C\C=C/C)NC(=O)N[C@@H](CC)CCNC)C=NN1C. The number of nitrogens with zero attached hydrogens (tertiary/aromatic N) is 3. The third kappa shape index (κ3) is 11.3. The van der Waals surface area contributed by atoms with Gasteiger partial charge in [0.1, 0.15) is 5.84 Å². The van der Waals surface area contributed by atoms with E-state index in [0.717, 1.165) is 49.1 Å². The lowest BCUT2D eigenvalue weighted by atomic mass is 9.92. The van der Waals surface area contributed by atoms with E-state index in [1.165, 1.54) is 0 Å². The molecule has 0 aromatic rings. The van der Waals surface area contributed by atoms with Crippen molar-refractivity contribution in [2.24, 2.45) is 21.7 Å². The first-order valence-corrected chi connectivity index (χ1v) is 13.7. The van der Waals surface area contributed by atoms with Gasteiger partial charge in [0.05, 0.1) is 0 Å². The molecule has 38 heavy (non-hydrogen) atoms. The Morgan fingerprint density at radius 2 is 2.00 bits per heavy atom. The van der Waals surface area contributed by atoms with Crippen LogP contribution in [0.4, 0.5) is 4.79 Å². The van der Waals surface area contributed by atoms with Crippen LogP contribution in [0.2, 0.25) is 0 Å². The first kappa shape index (κ1) is 32.6. The predicted octanol–water partition coefficient (Wildman–Crippen LogP) is 5.52. The van der Waals surface area contributed by atoms with Crippen LogP contribution in [0.1, 0.15) is 66.2 Å². The molecule has 0 aromatic heterocycles. The number of aliphatic imine (C=N–C) groups is 1. The van der Waals surface area contributed by atoms with E-state index in [1.54, 1.807) is 11.2 Å². The van der Waals surface area contributed by atoms with Crippen molar-refractivity contribution < 1.29 is 4.79 Å². The fourth-order valence-corrected chi connectivity index (χ4v) is 3.91. The minimum absolute atomic E-state index is 0.0547. The van der Waals surface area contributed by atoms with Crippen LogP contribution in [-0.4, -0.2) is 49.8 Å². The summed E-state index contributed by atoms with van der Waals surface area (Å²) >= 11 is 0. The Balaban J connectivity index is 3.38. The van der Waals surface area contributed by atoms with Crippen LogP contribution in [0, 0.1) is 5.92 Å². The topological polar surface area (TPSA) is 107 Å². The molecule has 0 aliphatic carbocycles. The highest BCUT2D eigenvalue weighted by molar-refractivity contribution is 6.08. The normalized spacial score (nSPS) is 18.2. The van der Waals surface area contributed by atoms with Crippen molar-refractivity contribution >= 4 is 18.1 Å². The number of allylic oxidation sites excluding steroid dienone is 8. The van der Waals surface area contributed by atoms with E-state index in [1.807, 2.05) is 64.5 Å². The fourth-order valence-electron chi connectivity index (χ4n) is 3.91. The molecular formula is C30H49N7O. The summed E-state index contributed by atoms with van der Waals surface area (Å²) in [4.78, 5) is 17.6. The number of nitrogens with one attached hydrogen (secondary N) is 3. The third-order valence-electron chi connectivity index (χ3n) is 6.31. The summed E-state index contributed by atoms with van der Waals surface area (Å²) in [7, 11) is 3.81. The molecule has 0 saturated heterocycles. The van der Waals surface area contributed by atoms with E-state index in [0.29, 0.717) is 24.4 Å². The van der Waals surface area contributed by atoms with Crippen LogP contribution < -0.4 is 21.7 Å². The van der Waals surface area contributed by atoms with Gasteiger partial charge in [-0.2, -0.15) is 5.10 Å². The molecule has 1 rings (SSSR count). The second-order valence-electron chi connectivity index (χ2n) is 9.18. The molecule has 0 bridgehead atoms. The largest absolute Gasteiger partial charge is 0.398 e. The summed E-state index contributed by atoms with van der Waals surface area (Å²) in [6, 6.07) is -0.237. The Bertz CT molecular complexity index is 969. The standard InChI is InChI=1S/C30H49N7O/c1-8-12-14-15-16-19-33-29(36-30(38)35-26(10-3)18-20-32-6)27(11-4)28(31)24(17-13-9-2)21-25-22-34-37(7)23(25)5/h8,12,14-17,19,22,25-26,32H,5,9-11,13,18,20-21,31H2,1-4,6-7H3,(H2,33,35,36,38)/b12-8-,15-14-,19-16+,24-17+,28-27?/t25?,26-/m0/s1. The summed E-state index contributed by atoms with van der Waals surface area (Å²) in [5.74, 6) is 0.519. The van der Waals surface area contributed by atoms with E-state index < -0.39 is 0 Å². The number of hydrazone groups is 1. The summed E-state index contributed by atoms with van der Waals surface area (Å²) in [5, 5.41) is 15.4. The lowest BCUT2D eigenvalue weighted by Crippen LogP contribution is -2.45. The Labute approximate surface area is 230 Å². The Morgan fingerprint density at radius 3 is 2.58 bits per heavy atom. The molecule has 1 heterocycles. The molecule has 0 radical (unpaired) electrons. The van der Waals surface area contributed by atoms with E-state index in [-0.39, 0.29) is 18.0 Å². The first-order chi connectivity index (χ1) is 18.3. The number of carbonyl (C=O) groups is 1. The maximum absolute atomic E-state index is 13.0. The minimum atomic E-state index is -0.291. The van der Waals surface area contributed by atoms with Gasteiger partial charge in [0.25, 0.3) is 0 Å². The number of urea groups is 1. The summed E-state index contributed by atoms with van der Waals surface area (Å²) in [5.41, 5.74) is 10.2. The van der Waals surface area contributed by atoms with E-state index in [9.17, 15) is 4.79 Å². The van der Waals surface area contributed by atoms with Crippen LogP contribution in [0.3, 0.4) is 0 Å². The van der Waals surface area contributed by atoms with E-state index in [2.05, 4.69) is 52.5 Å². The summed E-state index contributed by atoms with van der Waals surface area (Å²) < 4.78 is 0. The second kappa shape index (κ2) is 18.8. The number of hydrogen-bond donors (Lipinski definition) is 4. The molecule has 0 aromatic carbocycles. The molecule has 2 amide bonds. The number of amidine groups is 1. The predicted molar refractivity (Wildman–Crippen MR) is 163 cm³/mol. The van der Waals surface area contributed by atoms with Crippen molar-refractivity contribution in [1.82, 2.24) is 21.0 Å². The smallest absolute Gasteiger partial charge is 0.320 e. The van der Waals surface area contributed by atoms with Crippen molar-refractivity contribution in [2.45, 2.75) is 72.3 Å². The molecule has 1 aliphatic rings. The van der Waals surface area contributed by atoms with Gasteiger partial charge in [-0.1, -0.05) is 64.2 Å². The zero-order valence-electron chi connectivity index (χ0n) is 24.3. The highest BCUT2D eigenvalue weighted by atomic mass is 16.2. The molecule has 5 N–H and O–H groups in total. The van der Waals surface area contributed by atoms with Crippen molar-refractivity contribution in [3.8, 4) is 0 Å². The number of carbonyl (C=O) groups excluding carboxylic acids is 1. The van der Waals surface area contributed by atoms with Gasteiger partial charge in [0.2, 0.25) is 0 Å². The van der Waals surface area contributed by atoms with Crippen LogP contribution >= 0.6 is 0 Å². The molecule has 2 atom stereocenters. The van der Waals surface area contributed by atoms with Crippen molar-refractivity contribution in [3.63, 3.8) is 0 Å². The number of amides is 2. The number of rotatable bonds is 15. The summed E-state index contributed by atoms with van der Waals surface area (Å²) in [6.07, 6.45) is 20.2. The van der Waals surface area contributed by atoms with Gasteiger partial charge in [0, 0.05) is 48.4 Å². The quantitative estimate of drug-likeness (QED) is 0.129. The maximum atomic E-state index is 13.0. The Hall–Kier alpha value is -3.39. The first-order valence-electron chi connectivity index (χ1n) is 13.7. The number of hydrogen-bond acceptors (Lipinski definition) is 6. The van der Waals surface area contributed by atoms with Gasteiger partial charge in [-0.05, 0) is 64.3 Å². The van der Waals surface area contributed by atoms with Crippen LogP contribution in [0.25, 0.3) is 0 Å². The molecule has 8 heteroatoms. The molecule has 0 fully saturated rings. The average molecular weight is 524 g/mol. The number of unbranched alkanes of at least 4 members (excludes halogenated alkanes) is 1. The van der Waals surface area contributed by atoms with Gasteiger partial charge >= 0.3 is 6.03 Å². The van der Waals surface area contributed by atoms with Gasteiger partial charge in [0.15, 0.2) is 0 Å². The lowest BCUT2D eigenvalue weighted by molar-refractivity contribution is 0.240. The Morgan fingerprint density at radius 1 is 1.26 bits per heavy atom. The Kier molecular flexibility index (Phi) is 16.1. The second-order valence-corrected chi connectivity index (χ2v) is 9.18. The highest BCUT2D eigenvalue weighted by Crippen LogP contribution is 2.28. The molecule has 1 unspecified atom stereocenters. The third-order valence-corrected chi connectivity index (χ3v) is 6.31. The fraction of sp³-hybridized carbons (Fsp3) is 0.500. The lowest BCUT2D eigenvalue weighted by Gasteiger charge is -2.21. The van der Waals surface area contributed by atoms with Gasteiger partial charge < -0.3 is 16.4 Å². The van der Waals surface area contributed by atoms with Crippen molar-refractivity contribution in [1.29, 1.82) is 0 Å². The van der Waals surface area contributed by atoms with Crippen molar-refractivity contribution in [2.75, 3.05) is 20.6 Å². The highest BCUT2D eigenvalue weighted by Gasteiger charge is 2.24. The molecule has 0 spiro atoms. The molecule has 8 nitrogen and oxygen atoms in total. The number of nitrogens with two attached hydrogens (primary N) is 1. The molecule has 210 valence electrons. The summed E-state index contributed by atoms with van der Waals surface area (Å²) in [6.45, 7) is 13.2. The average Bonchev–Trinajstić information content (AvgIpc) is 3.22. The maximum Gasteiger partial charge on any atom is 0.320 e. The monoisotopic (exact) mass is 523 g/mol. The van der Waals surface area contributed by atoms with Gasteiger partial charge in [-0.3, -0.25) is 10.3 Å². The van der Waals surface area contributed by atoms with Gasteiger partial charge in [-0.15, -0.1) is 0 Å². The zero-order valence-corrected chi connectivity index (χ0v) is 24.3. The van der Waals surface area contributed by atoms with Crippen LogP contribution in [-0.2, 0) is 0 Å². The van der Waals surface area contributed by atoms with Crippen LogP contribution in [0.15, 0.2) is 81.9 Å². The van der Waals surface area contributed by atoms with Crippen LogP contribution in [0.5, 0.6) is 0 Å². The van der Waals surface area contributed by atoms with Gasteiger partial charge in [-0.25, -0.2) is 9.79 Å². The van der Waals surface area contributed by atoms with Crippen molar-refractivity contribution in [3.05, 3.63) is 71.8 Å². The molecule has 1 aliphatic heterocycles. The van der Waals surface area contributed by atoms with E-state index >= 15 is 0 Å². The molecular weight excluding hydrogens is 474 g/mol. The zero-order chi connectivity index (χ0) is 28.3.